The molecule has 2 N–H and O–H groups in total. The van der Waals surface area contributed by atoms with Crippen LogP contribution in [0.2, 0.25) is 0 Å². The predicted octanol–water partition coefficient (Wildman–Crippen LogP) is 2.92. The third kappa shape index (κ3) is 5.36. The maximum absolute atomic E-state index is 10.1. The smallest absolute Gasteiger partial charge is 0.194 e. The average Bonchev–Trinajstić information content (AvgIpc) is 3.30. The molecular formula is C24H30N6O. The molecule has 1 aromatic heterocycles. The van der Waals surface area contributed by atoms with Crippen LogP contribution in [-0.2, 0) is 13.1 Å². The molecular weight excluding hydrogens is 388 g/mol. The number of phenols is 1. The van der Waals surface area contributed by atoms with Crippen molar-refractivity contribution in [1.29, 1.82) is 0 Å². The van der Waals surface area contributed by atoms with Gasteiger partial charge in [0, 0.05) is 45.1 Å². The molecule has 0 atom stereocenters. The number of phenolic OH excluding ortho intramolecular Hbond substituents is 1. The van der Waals surface area contributed by atoms with Crippen LogP contribution >= 0.6 is 0 Å². The Balaban J connectivity index is 1.39. The highest BCUT2D eigenvalue weighted by molar-refractivity contribution is 5.80. The lowest BCUT2D eigenvalue weighted by atomic mass is 10.1. The van der Waals surface area contributed by atoms with Crippen molar-refractivity contribution in [3.8, 4) is 5.75 Å². The number of nitrogens with zero attached hydrogens (tertiary/aromatic N) is 5. The number of benzene rings is 2. The van der Waals surface area contributed by atoms with Gasteiger partial charge in [0.2, 0.25) is 0 Å². The first-order valence-electron chi connectivity index (χ1n) is 10.8. The summed E-state index contributed by atoms with van der Waals surface area (Å²) in [5.41, 5.74) is 3.31. The molecule has 1 aliphatic heterocycles. The van der Waals surface area contributed by atoms with E-state index in [-0.39, 0.29) is 0 Å². The van der Waals surface area contributed by atoms with Gasteiger partial charge in [-0.25, -0.2) is 4.99 Å². The lowest BCUT2D eigenvalue weighted by Crippen LogP contribution is -2.52. The van der Waals surface area contributed by atoms with E-state index in [1.54, 1.807) is 12.3 Å². The third-order valence-corrected chi connectivity index (χ3v) is 5.44. The number of aromatic nitrogens is 2. The summed E-state index contributed by atoms with van der Waals surface area (Å²) < 4.78 is 1.93. The number of nitrogens with one attached hydrogen (secondary N) is 1. The van der Waals surface area contributed by atoms with E-state index in [1.807, 2.05) is 35.1 Å². The van der Waals surface area contributed by atoms with E-state index in [4.69, 9.17) is 4.99 Å². The van der Waals surface area contributed by atoms with Gasteiger partial charge in [-0.15, -0.1) is 0 Å². The van der Waals surface area contributed by atoms with Crippen LogP contribution in [0.4, 0.5) is 5.69 Å². The molecule has 2 heterocycles. The Morgan fingerprint density at radius 1 is 1.03 bits per heavy atom. The van der Waals surface area contributed by atoms with Gasteiger partial charge in [0.05, 0.1) is 18.8 Å². The topological polar surface area (TPSA) is 68.9 Å². The largest absolute Gasteiger partial charge is 0.506 e. The minimum absolute atomic E-state index is 0.339. The van der Waals surface area contributed by atoms with Crippen molar-refractivity contribution in [2.45, 2.75) is 20.0 Å². The number of para-hydroxylation sites is 2. The summed E-state index contributed by atoms with van der Waals surface area (Å²) in [5, 5.41) is 17.9. The van der Waals surface area contributed by atoms with Crippen molar-refractivity contribution in [2.75, 3.05) is 37.6 Å². The summed E-state index contributed by atoms with van der Waals surface area (Å²) in [7, 11) is 0. The number of hydrogen-bond donors (Lipinski definition) is 2. The monoisotopic (exact) mass is 418 g/mol. The molecule has 2 aromatic carbocycles. The van der Waals surface area contributed by atoms with Gasteiger partial charge in [0.15, 0.2) is 5.96 Å². The molecule has 0 saturated carbocycles. The first-order valence-corrected chi connectivity index (χ1v) is 10.8. The summed E-state index contributed by atoms with van der Waals surface area (Å²) >= 11 is 0. The van der Waals surface area contributed by atoms with E-state index in [0.29, 0.717) is 12.3 Å². The van der Waals surface area contributed by atoms with Crippen LogP contribution < -0.4 is 10.2 Å². The van der Waals surface area contributed by atoms with E-state index in [1.165, 1.54) is 11.1 Å². The highest BCUT2D eigenvalue weighted by Crippen LogP contribution is 2.27. The van der Waals surface area contributed by atoms with Crippen LogP contribution in [0.3, 0.4) is 0 Å². The second-order valence-electron chi connectivity index (χ2n) is 7.66. The van der Waals surface area contributed by atoms with Crippen molar-refractivity contribution >= 4 is 11.6 Å². The number of aliphatic imine (C=N–C) groups is 1. The van der Waals surface area contributed by atoms with E-state index < -0.39 is 0 Å². The summed E-state index contributed by atoms with van der Waals surface area (Å²) in [6.07, 6.45) is 3.78. The number of rotatable bonds is 6. The van der Waals surface area contributed by atoms with Gasteiger partial charge in [0.1, 0.15) is 5.75 Å². The maximum Gasteiger partial charge on any atom is 0.194 e. The molecule has 3 aromatic rings. The molecule has 0 spiro atoms. The fraction of sp³-hybridized carbons (Fsp3) is 0.333. The SMILES string of the molecule is CCNC(=NCc1cccc(Cn2cccn2)c1)N1CCN(c2ccccc2O)CC1. The molecule has 1 aliphatic rings. The fourth-order valence-corrected chi connectivity index (χ4v) is 3.89. The van der Waals surface area contributed by atoms with Crippen molar-refractivity contribution < 1.29 is 5.11 Å². The third-order valence-electron chi connectivity index (χ3n) is 5.44. The zero-order valence-electron chi connectivity index (χ0n) is 18.0. The van der Waals surface area contributed by atoms with Gasteiger partial charge in [-0.2, -0.15) is 5.10 Å². The van der Waals surface area contributed by atoms with Crippen molar-refractivity contribution in [1.82, 2.24) is 20.0 Å². The second kappa shape index (κ2) is 10.0. The molecule has 1 saturated heterocycles. The standard InChI is InChI=1S/C24H30N6O/c1-2-25-24(29-15-13-28(14-16-29)22-9-3-4-10-23(22)31)26-18-20-7-5-8-21(17-20)19-30-12-6-11-27-30/h3-12,17,31H,2,13-16,18-19H2,1H3,(H,25,26). The summed E-state index contributed by atoms with van der Waals surface area (Å²) in [4.78, 5) is 9.43. The highest BCUT2D eigenvalue weighted by atomic mass is 16.3. The lowest BCUT2D eigenvalue weighted by molar-refractivity contribution is 0.369. The summed E-state index contributed by atoms with van der Waals surface area (Å²) in [6.45, 7) is 7.74. The Kier molecular flexibility index (Phi) is 6.72. The minimum atomic E-state index is 0.339. The molecule has 7 heteroatoms. The Morgan fingerprint density at radius 2 is 1.84 bits per heavy atom. The molecule has 31 heavy (non-hydrogen) atoms. The van der Waals surface area contributed by atoms with Crippen LogP contribution in [0.1, 0.15) is 18.1 Å². The van der Waals surface area contributed by atoms with Gasteiger partial charge in [0.25, 0.3) is 0 Å². The zero-order valence-corrected chi connectivity index (χ0v) is 18.0. The van der Waals surface area contributed by atoms with E-state index in [2.05, 4.69) is 51.4 Å². The van der Waals surface area contributed by atoms with Crippen LogP contribution in [0.25, 0.3) is 0 Å². The normalized spacial score (nSPS) is 14.7. The molecule has 4 rings (SSSR count). The average molecular weight is 419 g/mol. The summed E-state index contributed by atoms with van der Waals surface area (Å²) in [5.74, 6) is 1.28. The molecule has 0 amide bonds. The Hall–Kier alpha value is -3.48. The molecule has 1 fully saturated rings. The first kappa shape index (κ1) is 20.8. The number of piperazine rings is 1. The quantitative estimate of drug-likeness (QED) is 0.476. The van der Waals surface area contributed by atoms with Gasteiger partial charge in [-0.1, -0.05) is 36.4 Å². The maximum atomic E-state index is 10.1. The number of aromatic hydroxyl groups is 1. The Bertz CT molecular complexity index is 993. The number of hydrogen-bond acceptors (Lipinski definition) is 4. The van der Waals surface area contributed by atoms with Crippen LogP contribution in [0.15, 0.2) is 72.0 Å². The van der Waals surface area contributed by atoms with E-state index >= 15 is 0 Å². The molecule has 0 unspecified atom stereocenters. The molecule has 0 bridgehead atoms. The number of guanidine groups is 1. The van der Waals surface area contributed by atoms with E-state index in [0.717, 1.165) is 50.9 Å². The van der Waals surface area contributed by atoms with Crippen molar-refractivity contribution in [2.24, 2.45) is 4.99 Å². The van der Waals surface area contributed by atoms with Crippen LogP contribution in [0.5, 0.6) is 5.75 Å². The van der Waals surface area contributed by atoms with Gasteiger partial charge in [-0.05, 0) is 36.2 Å². The molecule has 162 valence electrons. The van der Waals surface area contributed by atoms with Crippen LogP contribution in [-0.4, -0.2) is 58.5 Å². The predicted molar refractivity (Wildman–Crippen MR) is 124 cm³/mol. The Morgan fingerprint density at radius 3 is 2.58 bits per heavy atom. The minimum Gasteiger partial charge on any atom is -0.506 e. The number of anilines is 1. The molecule has 0 aliphatic carbocycles. The van der Waals surface area contributed by atoms with Crippen molar-refractivity contribution in [3.63, 3.8) is 0 Å². The zero-order chi connectivity index (χ0) is 21.5. The van der Waals surface area contributed by atoms with Gasteiger partial charge < -0.3 is 20.2 Å². The molecule has 0 radical (unpaired) electrons. The first-order chi connectivity index (χ1) is 15.2. The van der Waals surface area contributed by atoms with Crippen molar-refractivity contribution in [3.05, 3.63) is 78.1 Å². The molecule has 7 nitrogen and oxygen atoms in total. The van der Waals surface area contributed by atoms with Crippen LogP contribution in [0, 0.1) is 0 Å². The highest BCUT2D eigenvalue weighted by Gasteiger charge is 2.21. The lowest BCUT2D eigenvalue weighted by Gasteiger charge is -2.37. The summed E-state index contributed by atoms with van der Waals surface area (Å²) in [6, 6.07) is 18.0. The van der Waals surface area contributed by atoms with Gasteiger partial charge in [-0.3, -0.25) is 4.68 Å². The fourth-order valence-electron chi connectivity index (χ4n) is 3.89. The van der Waals surface area contributed by atoms with E-state index in [9.17, 15) is 5.11 Å². The second-order valence-corrected chi connectivity index (χ2v) is 7.66. The Labute approximate surface area is 183 Å². The van der Waals surface area contributed by atoms with Gasteiger partial charge >= 0.3 is 0 Å².